The Hall–Kier alpha value is -0.590. The van der Waals surface area contributed by atoms with Crippen molar-refractivity contribution >= 4 is 37.8 Å². The SMILES string of the molecule is COc1c(Br)cc(Br)cc1CNC1CCCCNC1=O. The average molecular weight is 406 g/mol. The van der Waals surface area contributed by atoms with Gasteiger partial charge in [-0.05, 0) is 47.3 Å². The van der Waals surface area contributed by atoms with Crippen molar-refractivity contribution in [2.45, 2.75) is 31.8 Å². The summed E-state index contributed by atoms with van der Waals surface area (Å²) in [7, 11) is 1.65. The zero-order chi connectivity index (χ0) is 14.5. The largest absolute Gasteiger partial charge is 0.495 e. The fourth-order valence-corrected chi connectivity index (χ4v) is 3.82. The van der Waals surface area contributed by atoms with Crippen LogP contribution in [0.3, 0.4) is 0 Å². The molecule has 2 rings (SSSR count). The van der Waals surface area contributed by atoms with E-state index in [0.717, 1.165) is 46.1 Å². The molecular formula is C14H18Br2N2O2. The van der Waals surface area contributed by atoms with Crippen molar-refractivity contribution in [2.75, 3.05) is 13.7 Å². The fraction of sp³-hybridized carbons (Fsp3) is 0.500. The Kier molecular flexibility index (Phi) is 5.86. The molecule has 0 saturated carbocycles. The summed E-state index contributed by atoms with van der Waals surface area (Å²) in [5.41, 5.74) is 1.02. The second-order valence-corrected chi connectivity index (χ2v) is 6.57. The van der Waals surface area contributed by atoms with Crippen molar-refractivity contribution in [3.8, 4) is 5.75 Å². The Morgan fingerprint density at radius 1 is 1.40 bits per heavy atom. The van der Waals surface area contributed by atoms with Crippen LogP contribution in [0.2, 0.25) is 0 Å². The third-order valence-corrected chi connectivity index (χ3v) is 4.41. The Bertz CT molecular complexity index is 494. The first-order valence-electron chi connectivity index (χ1n) is 6.65. The molecule has 1 unspecified atom stereocenters. The normalized spacial score (nSPS) is 19.4. The minimum absolute atomic E-state index is 0.0931. The summed E-state index contributed by atoms with van der Waals surface area (Å²) in [6.45, 7) is 1.38. The van der Waals surface area contributed by atoms with Crippen molar-refractivity contribution in [3.63, 3.8) is 0 Å². The van der Waals surface area contributed by atoms with E-state index in [0.29, 0.717) is 6.54 Å². The average Bonchev–Trinajstić information content (AvgIpc) is 2.60. The number of hydrogen-bond acceptors (Lipinski definition) is 3. The van der Waals surface area contributed by atoms with Crippen LogP contribution in [0, 0.1) is 0 Å². The summed E-state index contributed by atoms with van der Waals surface area (Å²) in [5.74, 6) is 0.894. The number of halogens is 2. The molecule has 20 heavy (non-hydrogen) atoms. The lowest BCUT2D eigenvalue weighted by atomic mass is 10.1. The minimum atomic E-state index is -0.125. The lowest BCUT2D eigenvalue weighted by Crippen LogP contribution is -2.42. The highest BCUT2D eigenvalue weighted by molar-refractivity contribution is 9.11. The third kappa shape index (κ3) is 3.96. The predicted molar refractivity (Wildman–Crippen MR) is 85.9 cm³/mol. The topological polar surface area (TPSA) is 50.4 Å². The number of hydrogen-bond donors (Lipinski definition) is 2. The van der Waals surface area contributed by atoms with E-state index in [1.54, 1.807) is 7.11 Å². The van der Waals surface area contributed by atoms with Crippen LogP contribution in [-0.4, -0.2) is 25.6 Å². The molecule has 0 bridgehead atoms. The Morgan fingerprint density at radius 3 is 2.95 bits per heavy atom. The van der Waals surface area contributed by atoms with Crippen molar-refractivity contribution < 1.29 is 9.53 Å². The highest BCUT2D eigenvalue weighted by Crippen LogP contribution is 2.32. The highest BCUT2D eigenvalue weighted by atomic mass is 79.9. The molecule has 1 aromatic rings. The number of carbonyl (C=O) groups is 1. The first kappa shape index (κ1) is 15.8. The molecule has 0 radical (unpaired) electrons. The van der Waals surface area contributed by atoms with Gasteiger partial charge in [0, 0.05) is 23.1 Å². The van der Waals surface area contributed by atoms with E-state index in [1.165, 1.54) is 0 Å². The molecule has 1 fully saturated rings. The highest BCUT2D eigenvalue weighted by Gasteiger charge is 2.20. The number of benzene rings is 1. The molecule has 1 atom stereocenters. The van der Waals surface area contributed by atoms with Crippen LogP contribution in [-0.2, 0) is 11.3 Å². The fourth-order valence-electron chi connectivity index (χ4n) is 2.34. The van der Waals surface area contributed by atoms with Gasteiger partial charge in [0.05, 0.1) is 17.6 Å². The number of amides is 1. The maximum atomic E-state index is 11.9. The van der Waals surface area contributed by atoms with Crippen LogP contribution in [0.5, 0.6) is 5.75 Å². The van der Waals surface area contributed by atoms with E-state index in [-0.39, 0.29) is 11.9 Å². The number of nitrogens with one attached hydrogen (secondary N) is 2. The lowest BCUT2D eigenvalue weighted by molar-refractivity contribution is -0.122. The van der Waals surface area contributed by atoms with Crippen LogP contribution >= 0.6 is 31.9 Å². The van der Waals surface area contributed by atoms with Crippen molar-refractivity contribution in [3.05, 3.63) is 26.6 Å². The number of rotatable bonds is 4. The zero-order valence-electron chi connectivity index (χ0n) is 11.3. The van der Waals surface area contributed by atoms with Crippen molar-refractivity contribution in [2.24, 2.45) is 0 Å². The zero-order valence-corrected chi connectivity index (χ0v) is 14.5. The summed E-state index contributed by atoms with van der Waals surface area (Å²) in [6, 6.07) is 3.83. The van der Waals surface area contributed by atoms with Gasteiger partial charge in [-0.3, -0.25) is 4.79 Å². The number of carbonyl (C=O) groups excluding carboxylic acids is 1. The van der Waals surface area contributed by atoms with E-state index in [2.05, 4.69) is 42.5 Å². The molecule has 1 amide bonds. The van der Waals surface area contributed by atoms with E-state index in [1.807, 2.05) is 12.1 Å². The second-order valence-electron chi connectivity index (χ2n) is 4.80. The molecule has 2 N–H and O–H groups in total. The summed E-state index contributed by atoms with van der Waals surface area (Å²) >= 11 is 6.96. The Balaban J connectivity index is 2.08. The molecule has 6 heteroatoms. The first-order valence-corrected chi connectivity index (χ1v) is 8.23. The summed E-state index contributed by atoms with van der Waals surface area (Å²) in [4.78, 5) is 11.9. The third-order valence-electron chi connectivity index (χ3n) is 3.36. The van der Waals surface area contributed by atoms with Gasteiger partial charge in [-0.25, -0.2) is 0 Å². The molecular weight excluding hydrogens is 388 g/mol. The van der Waals surface area contributed by atoms with Gasteiger partial charge in [-0.2, -0.15) is 0 Å². The second kappa shape index (κ2) is 7.43. The van der Waals surface area contributed by atoms with Gasteiger partial charge in [-0.15, -0.1) is 0 Å². The molecule has 4 nitrogen and oxygen atoms in total. The molecule has 1 aliphatic heterocycles. The molecule has 1 heterocycles. The summed E-state index contributed by atoms with van der Waals surface area (Å²) in [6.07, 6.45) is 2.99. The van der Waals surface area contributed by atoms with Gasteiger partial charge in [0.1, 0.15) is 5.75 Å². The maximum Gasteiger partial charge on any atom is 0.237 e. The van der Waals surface area contributed by atoms with E-state index < -0.39 is 0 Å². The molecule has 0 spiro atoms. The van der Waals surface area contributed by atoms with Crippen LogP contribution in [0.4, 0.5) is 0 Å². The Labute approximate surface area is 135 Å². The maximum absolute atomic E-state index is 11.9. The molecule has 1 aromatic carbocycles. The molecule has 110 valence electrons. The van der Waals surface area contributed by atoms with Crippen molar-refractivity contribution in [1.29, 1.82) is 0 Å². The lowest BCUT2D eigenvalue weighted by Gasteiger charge is -2.17. The van der Waals surface area contributed by atoms with Crippen LogP contribution in [0.15, 0.2) is 21.1 Å². The smallest absolute Gasteiger partial charge is 0.237 e. The monoisotopic (exact) mass is 404 g/mol. The van der Waals surface area contributed by atoms with Gasteiger partial charge in [0.2, 0.25) is 5.91 Å². The van der Waals surface area contributed by atoms with Gasteiger partial charge in [0.25, 0.3) is 0 Å². The molecule has 0 aromatic heterocycles. The standard InChI is InChI=1S/C14H18Br2N2O2/c1-20-13-9(6-10(15)7-11(13)16)8-18-12-4-2-3-5-17-14(12)19/h6-7,12,18H,2-5,8H2,1H3,(H,17,19). The van der Waals surface area contributed by atoms with Gasteiger partial charge < -0.3 is 15.4 Å². The van der Waals surface area contributed by atoms with Crippen LogP contribution in [0.25, 0.3) is 0 Å². The first-order chi connectivity index (χ1) is 9.61. The van der Waals surface area contributed by atoms with Gasteiger partial charge in [0.15, 0.2) is 0 Å². The summed E-state index contributed by atoms with van der Waals surface area (Å²) < 4.78 is 7.29. The van der Waals surface area contributed by atoms with Crippen molar-refractivity contribution in [1.82, 2.24) is 10.6 Å². The number of ether oxygens (including phenoxy) is 1. The molecule has 1 aliphatic rings. The molecule has 1 saturated heterocycles. The minimum Gasteiger partial charge on any atom is -0.495 e. The van der Waals surface area contributed by atoms with E-state index in [4.69, 9.17) is 4.74 Å². The number of methoxy groups -OCH3 is 1. The molecule has 0 aliphatic carbocycles. The predicted octanol–water partition coefficient (Wildman–Crippen LogP) is 2.98. The Morgan fingerprint density at radius 2 is 2.20 bits per heavy atom. The quantitative estimate of drug-likeness (QED) is 0.809. The van der Waals surface area contributed by atoms with Crippen LogP contribution in [0.1, 0.15) is 24.8 Å². The van der Waals surface area contributed by atoms with Crippen LogP contribution < -0.4 is 15.4 Å². The van der Waals surface area contributed by atoms with E-state index >= 15 is 0 Å². The van der Waals surface area contributed by atoms with Gasteiger partial charge in [-0.1, -0.05) is 15.9 Å². The van der Waals surface area contributed by atoms with E-state index in [9.17, 15) is 4.79 Å². The summed E-state index contributed by atoms with van der Waals surface area (Å²) in [5, 5.41) is 6.25. The van der Waals surface area contributed by atoms with Gasteiger partial charge >= 0.3 is 0 Å².